The molecule has 1 aromatic rings. The molecule has 0 saturated carbocycles. The van der Waals surface area contributed by atoms with E-state index in [1.807, 2.05) is 19.1 Å². The fourth-order valence-electron chi connectivity index (χ4n) is 1.44. The molecule has 0 atom stereocenters. The molecule has 0 spiro atoms. The van der Waals surface area contributed by atoms with Crippen LogP contribution in [0.5, 0.6) is 0 Å². The Kier molecular flexibility index (Phi) is 7.65. The van der Waals surface area contributed by atoms with Crippen LogP contribution >= 0.6 is 0 Å². The number of hydrogen-bond donors (Lipinski definition) is 1. The van der Waals surface area contributed by atoms with Gasteiger partial charge in [0.1, 0.15) is 0 Å². The topological polar surface area (TPSA) is 29.3 Å². The summed E-state index contributed by atoms with van der Waals surface area (Å²) in [7, 11) is 0. The zero-order chi connectivity index (χ0) is 12.6. The molecule has 1 rings (SSSR count). The van der Waals surface area contributed by atoms with Crippen molar-refractivity contribution in [2.75, 3.05) is 25.4 Å². The number of nitrogen functional groups attached to an aromatic ring is 1. The molecule has 92 valence electrons. The number of rotatable bonds is 3. The summed E-state index contributed by atoms with van der Waals surface area (Å²) in [4.78, 5) is 2.38. The molecule has 16 heavy (non-hydrogen) atoms. The summed E-state index contributed by atoms with van der Waals surface area (Å²) in [6.45, 7) is 14.2. The predicted octanol–water partition coefficient (Wildman–Crippen LogP) is 3.23. The lowest BCUT2D eigenvalue weighted by Gasteiger charge is -2.13. The molecular formula is C14H26N2. The van der Waals surface area contributed by atoms with E-state index >= 15 is 0 Å². The summed E-state index contributed by atoms with van der Waals surface area (Å²) in [5.41, 5.74) is 8.96. The van der Waals surface area contributed by atoms with Crippen LogP contribution in [0.3, 0.4) is 0 Å². The van der Waals surface area contributed by atoms with Crippen molar-refractivity contribution in [2.45, 2.75) is 34.6 Å². The van der Waals surface area contributed by atoms with E-state index in [9.17, 15) is 0 Å². The molecule has 0 bridgehead atoms. The molecule has 0 saturated heterocycles. The SMILES string of the molecule is CCN(CC)CC.Cc1cccc(N)c1C. The summed E-state index contributed by atoms with van der Waals surface area (Å²) in [5, 5.41) is 0. The molecule has 0 aliphatic carbocycles. The highest BCUT2D eigenvalue weighted by atomic mass is 15.1. The fraction of sp³-hybridized carbons (Fsp3) is 0.571. The monoisotopic (exact) mass is 222 g/mol. The molecule has 0 aliphatic rings. The Hall–Kier alpha value is -1.02. The first kappa shape index (κ1) is 15.0. The van der Waals surface area contributed by atoms with Gasteiger partial charge in [0.15, 0.2) is 0 Å². The lowest BCUT2D eigenvalue weighted by molar-refractivity contribution is 0.321. The molecule has 1 aromatic carbocycles. The minimum atomic E-state index is 0.884. The van der Waals surface area contributed by atoms with Crippen LogP contribution in [-0.2, 0) is 0 Å². The van der Waals surface area contributed by atoms with Crippen LogP contribution in [0.15, 0.2) is 18.2 Å². The molecule has 0 aromatic heterocycles. The van der Waals surface area contributed by atoms with Gasteiger partial charge in [0.05, 0.1) is 0 Å². The van der Waals surface area contributed by atoms with Gasteiger partial charge in [0, 0.05) is 5.69 Å². The second-order valence-corrected chi connectivity index (χ2v) is 3.91. The van der Waals surface area contributed by atoms with Gasteiger partial charge in [0.25, 0.3) is 0 Å². The van der Waals surface area contributed by atoms with Gasteiger partial charge in [-0.1, -0.05) is 32.9 Å². The van der Waals surface area contributed by atoms with Crippen molar-refractivity contribution in [3.63, 3.8) is 0 Å². The van der Waals surface area contributed by atoms with Crippen molar-refractivity contribution in [3.05, 3.63) is 29.3 Å². The second kappa shape index (κ2) is 8.17. The second-order valence-electron chi connectivity index (χ2n) is 3.91. The van der Waals surface area contributed by atoms with Gasteiger partial charge in [-0.2, -0.15) is 0 Å². The quantitative estimate of drug-likeness (QED) is 0.796. The first-order valence-corrected chi connectivity index (χ1v) is 6.10. The minimum absolute atomic E-state index is 0.884. The van der Waals surface area contributed by atoms with Gasteiger partial charge in [-0.05, 0) is 50.7 Å². The summed E-state index contributed by atoms with van der Waals surface area (Å²) in [6, 6.07) is 5.95. The lowest BCUT2D eigenvalue weighted by atomic mass is 10.1. The molecule has 2 nitrogen and oxygen atoms in total. The zero-order valence-electron chi connectivity index (χ0n) is 11.4. The van der Waals surface area contributed by atoms with Crippen LogP contribution in [0.2, 0.25) is 0 Å². The van der Waals surface area contributed by atoms with Crippen LogP contribution in [0.4, 0.5) is 5.69 Å². The molecule has 2 heteroatoms. The van der Waals surface area contributed by atoms with Crippen molar-refractivity contribution >= 4 is 5.69 Å². The molecular weight excluding hydrogens is 196 g/mol. The van der Waals surface area contributed by atoms with Gasteiger partial charge >= 0.3 is 0 Å². The largest absolute Gasteiger partial charge is 0.399 e. The number of benzene rings is 1. The van der Waals surface area contributed by atoms with Crippen molar-refractivity contribution in [3.8, 4) is 0 Å². The fourth-order valence-corrected chi connectivity index (χ4v) is 1.44. The van der Waals surface area contributed by atoms with Crippen LogP contribution in [0, 0.1) is 13.8 Å². The van der Waals surface area contributed by atoms with Crippen LogP contribution in [0.1, 0.15) is 31.9 Å². The maximum atomic E-state index is 5.62. The third kappa shape index (κ3) is 5.17. The summed E-state index contributed by atoms with van der Waals surface area (Å²) in [6.07, 6.45) is 0. The maximum Gasteiger partial charge on any atom is 0.0346 e. The first-order chi connectivity index (χ1) is 7.56. The Balaban J connectivity index is 0.000000293. The van der Waals surface area contributed by atoms with E-state index < -0.39 is 0 Å². The normalized spacial score (nSPS) is 9.88. The smallest absolute Gasteiger partial charge is 0.0346 e. The van der Waals surface area contributed by atoms with Crippen LogP contribution in [-0.4, -0.2) is 24.5 Å². The molecule has 0 fully saturated rings. The maximum absolute atomic E-state index is 5.62. The third-order valence-corrected chi connectivity index (χ3v) is 2.99. The first-order valence-electron chi connectivity index (χ1n) is 6.10. The van der Waals surface area contributed by atoms with E-state index in [0.29, 0.717) is 0 Å². The van der Waals surface area contributed by atoms with E-state index in [2.05, 4.69) is 38.7 Å². The number of hydrogen-bond acceptors (Lipinski definition) is 2. The van der Waals surface area contributed by atoms with Crippen molar-refractivity contribution < 1.29 is 0 Å². The number of aryl methyl sites for hydroxylation is 1. The summed E-state index contributed by atoms with van der Waals surface area (Å²) in [5.74, 6) is 0. The molecule has 0 radical (unpaired) electrons. The Bertz CT molecular complexity index is 265. The average Bonchev–Trinajstić information content (AvgIpc) is 2.29. The van der Waals surface area contributed by atoms with Crippen molar-refractivity contribution in [1.29, 1.82) is 0 Å². The highest BCUT2D eigenvalue weighted by Crippen LogP contribution is 2.13. The van der Waals surface area contributed by atoms with Gasteiger partial charge in [-0.25, -0.2) is 0 Å². The van der Waals surface area contributed by atoms with Gasteiger partial charge in [-0.3, -0.25) is 0 Å². The Morgan fingerprint density at radius 2 is 1.50 bits per heavy atom. The van der Waals surface area contributed by atoms with Crippen LogP contribution < -0.4 is 5.73 Å². The number of nitrogens with zero attached hydrogens (tertiary/aromatic N) is 1. The molecule has 2 N–H and O–H groups in total. The van der Waals surface area contributed by atoms with Gasteiger partial charge in [0.2, 0.25) is 0 Å². The Morgan fingerprint density at radius 1 is 1.00 bits per heavy atom. The number of nitrogens with two attached hydrogens (primary N) is 1. The van der Waals surface area contributed by atoms with E-state index in [1.54, 1.807) is 0 Å². The predicted molar refractivity (Wildman–Crippen MR) is 73.8 cm³/mol. The van der Waals surface area contributed by atoms with E-state index in [-0.39, 0.29) is 0 Å². The molecule has 0 amide bonds. The summed E-state index contributed by atoms with van der Waals surface area (Å²) < 4.78 is 0. The Labute approximate surface area is 100 Å². The molecule has 0 aliphatic heterocycles. The van der Waals surface area contributed by atoms with E-state index in [1.165, 1.54) is 30.8 Å². The third-order valence-electron chi connectivity index (χ3n) is 2.99. The Morgan fingerprint density at radius 3 is 1.75 bits per heavy atom. The summed E-state index contributed by atoms with van der Waals surface area (Å²) >= 11 is 0. The van der Waals surface area contributed by atoms with Crippen LogP contribution in [0.25, 0.3) is 0 Å². The van der Waals surface area contributed by atoms with Gasteiger partial charge < -0.3 is 10.6 Å². The van der Waals surface area contributed by atoms with Gasteiger partial charge in [-0.15, -0.1) is 0 Å². The van der Waals surface area contributed by atoms with Crippen molar-refractivity contribution in [1.82, 2.24) is 4.90 Å². The lowest BCUT2D eigenvalue weighted by Crippen LogP contribution is -2.21. The standard InChI is InChI=1S/C8H11N.C6H15N/c1-6-4-3-5-8(9)7(6)2;1-4-7(5-2)6-3/h3-5H,9H2,1-2H3;4-6H2,1-3H3. The average molecular weight is 222 g/mol. The number of anilines is 1. The minimum Gasteiger partial charge on any atom is -0.399 e. The van der Waals surface area contributed by atoms with E-state index in [0.717, 1.165) is 5.69 Å². The van der Waals surface area contributed by atoms with Crippen molar-refractivity contribution in [2.24, 2.45) is 0 Å². The zero-order valence-corrected chi connectivity index (χ0v) is 11.4. The van der Waals surface area contributed by atoms with E-state index in [4.69, 9.17) is 5.73 Å². The highest BCUT2D eigenvalue weighted by molar-refractivity contribution is 5.49. The molecule has 0 unspecified atom stereocenters. The molecule has 0 heterocycles. The highest BCUT2D eigenvalue weighted by Gasteiger charge is 1.92.